The number of hydrogen-bond acceptors (Lipinski definition) is 3. The highest BCUT2D eigenvalue weighted by atomic mass is 16.3. The second-order valence-electron chi connectivity index (χ2n) is 3.92. The molecule has 2 aromatic carbocycles. The molecule has 2 N–H and O–H groups in total. The van der Waals surface area contributed by atoms with E-state index in [1.807, 2.05) is 60.9 Å². The summed E-state index contributed by atoms with van der Waals surface area (Å²) in [6, 6.07) is 16.2. The Morgan fingerprint density at radius 1 is 1.06 bits per heavy atom. The van der Waals surface area contributed by atoms with Crippen molar-refractivity contribution in [1.29, 1.82) is 0 Å². The maximum absolute atomic E-state index is 11.1. The molecule has 0 saturated heterocycles. The number of anilines is 1. The quantitative estimate of drug-likeness (QED) is 0.844. The molecule has 0 bridgehead atoms. The SMILES string of the molecule is O=[C]C(Nc1ccccc1CO)c1ccccc1. The zero-order valence-electron chi connectivity index (χ0n) is 9.84. The Balaban J connectivity index is 2.23. The van der Waals surface area contributed by atoms with E-state index < -0.39 is 6.04 Å². The van der Waals surface area contributed by atoms with Gasteiger partial charge in [-0.3, -0.25) is 4.79 Å². The van der Waals surface area contributed by atoms with Crippen LogP contribution < -0.4 is 5.32 Å². The normalized spacial score (nSPS) is 11.8. The van der Waals surface area contributed by atoms with Crippen LogP contribution in [0.5, 0.6) is 0 Å². The van der Waals surface area contributed by atoms with E-state index in [1.165, 1.54) is 0 Å². The highest BCUT2D eigenvalue weighted by molar-refractivity contribution is 5.69. The summed E-state index contributed by atoms with van der Waals surface area (Å²) in [6.45, 7) is -0.0659. The van der Waals surface area contributed by atoms with Gasteiger partial charge in [-0.15, -0.1) is 0 Å². The number of nitrogens with one attached hydrogen (secondary N) is 1. The van der Waals surface area contributed by atoms with Gasteiger partial charge >= 0.3 is 0 Å². The number of para-hydroxylation sites is 1. The zero-order valence-corrected chi connectivity index (χ0v) is 9.84. The van der Waals surface area contributed by atoms with Gasteiger partial charge in [0.15, 0.2) is 0 Å². The molecule has 0 amide bonds. The summed E-state index contributed by atoms with van der Waals surface area (Å²) in [5.74, 6) is 0. The Morgan fingerprint density at radius 3 is 2.39 bits per heavy atom. The Labute approximate surface area is 106 Å². The fourth-order valence-electron chi connectivity index (χ4n) is 1.78. The van der Waals surface area contributed by atoms with Crippen LogP contribution in [-0.2, 0) is 11.4 Å². The van der Waals surface area contributed by atoms with E-state index in [0.717, 1.165) is 16.8 Å². The molecule has 0 aliphatic carbocycles. The molecule has 18 heavy (non-hydrogen) atoms. The van der Waals surface area contributed by atoms with Gasteiger partial charge in [-0.2, -0.15) is 0 Å². The largest absolute Gasteiger partial charge is 0.392 e. The van der Waals surface area contributed by atoms with Gasteiger partial charge in [-0.1, -0.05) is 48.5 Å². The summed E-state index contributed by atoms with van der Waals surface area (Å²) in [6.07, 6.45) is 1.98. The average Bonchev–Trinajstić information content (AvgIpc) is 2.46. The third-order valence-corrected chi connectivity index (χ3v) is 2.74. The zero-order chi connectivity index (χ0) is 12.8. The molecular formula is C15H14NO2. The predicted molar refractivity (Wildman–Crippen MR) is 70.9 cm³/mol. The Kier molecular flexibility index (Phi) is 4.10. The first kappa shape index (κ1) is 12.3. The van der Waals surface area contributed by atoms with Crippen LogP contribution in [0.4, 0.5) is 5.69 Å². The van der Waals surface area contributed by atoms with Crippen LogP contribution in [0.25, 0.3) is 0 Å². The molecule has 2 rings (SSSR count). The van der Waals surface area contributed by atoms with Crippen LogP contribution in [0.3, 0.4) is 0 Å². The molecule has 3 nitrogen and oxygen atoms in total. The van der Waals surface area contributed by atoms with E-state index in [1.54, 1.807) is 0 Å². The molecule has 0 saturated carbocycles. The van der Waals surface area contributed by atoms with Gasteiger partial charge in [0.05, 0.1) is 6.61 Å². The highest BCUT2D eigenvalue weighted by Gasteiger charge is 2.12. The standard InChI is InChI=1S/C15H14NO2/c17-10-13-8-4-5-9-14(13)16-15(11-18)12-6-2-1-3-7-12/h1-9,15-17H,10H2. The van der Waals surface area contributed by atoms with E-state index in [9.17, 15) is 9.90 Å². The smallest absolute Gasteiger partial charge is 0.227 e. The Bertz CT molecular complexity index is 511. The molecule has 0 aliphatic heterocycles. The summed E-state index contributed by atoms with van der Waals surface area (Å²) >= 11 is 0. The molecular weight excluding hydrogens is 226 g/mol. The van der Waals surface area contributed by atoms with E-state index in [-0.39, 0.29) is 6.61 Å². The molecule has 1 atom stereocenters. The maximum atomic E-state index is 11.1. The van der Waals surface area contributed by atoms with Crippen molar-refractivity contribution >= 4 is 12.0 Å². The van der Waals surface area contributed by atoms with Gasteiger partial charge in [0.1, 0.15) is 6.04 Å². The van der Waals surface area contributed by atoms with Crippen LogP contribution in [0.2, 0.25) is 0 Å². The number of aliphatic hydroxyl groups excluding tert-OH is 1. The first-order valence-corrected chi connectivity index (χ1v) is 5.73. The summed E-state index contributed by atoms with van der Waals surface area (Å²) < 4.78 is 0. The second kappa shape index (κ2) is 5.98. The van der Waals surface area contributed by atoms with Crippen LogP contribution in [-0.4, -0.2) is 11.4 Å². The lowest BCUT2D eigenvalue weighted by atomic mass is 10.1. The number of carbonyl (C=O) groups excluding carboxylic acids is 1. The molecule has 1 radical (unpaired) electrons. The maximum Gasteiger partial charge on any atom is 0.227 e. The van der Waals surface area contributed by atoms with E-state index in [4.69, 9.17) is 0 Å². The van der Waals surface area contributed by atoms with Gasteiger partial charge in [-0.05, 0) is 11.6 Å². The molecule has 3 heteroatoms. The average molecular weight is 240 g/mol. The van der Waals surface area contributed by atoms with Gasteiger partial charge in [0, 0.05) is 11.3 Å². The van der Waals surface area contributed by atoms with Gasteiger partial charge in [0.25, 0.3) is 0 Å². The third kappa shape index (κ3) is 2.76. The predicted octanol–water partition coefficient (Wildman–Crippen LogP) is 2.44. The van der Waals surface area contributed by atoms with Crippen molar-refractivity contribution < 1.29 is 9.90 Å². The Morgan fingerprint density at radius 2 is 1.72 bits per heavy atom. The molecule has 0 heterocycles. The van der Waals surface area contributed by atoms with Crippen LogP contribution in [0, 0.1) is 0 Å². The number of hydrogen-bond donors (Lipinski definition) is 2. The monoisotopic (exact) mass is 240 g/mol. The van der Waals surface area contributed by atoms with Crippen molar-refractivity contribution in [3.63, 3.8) is 0 Å². The van der Waals surface area contributed by atoms with E-state index in [2.05, 4.69) is 5.32 Å². The highest BCUT2D eigenvalue weighted by Crippen LogP contribution is 2.21. The molecule has 1 unspecified atom stereocenters. The molecule has 0 spiro atoms. The number of rotatable bonds is 5. The third-order valence-electron chi connectivity index (χ3n) is 2.74. The summed E-state index contributed by atoms with van der Waals surface area (Å²) in [7, 11) is 0. The van der Waals surface area contributed by atoms with Crippen molar-refractivity contribution in [2.45, 2.75) is 12.6 Å². The van der Waals surface area contributed by atoms with Crippen LogP contribution in [0.15, 0.2) is 54.6 Å². The first-order chi connectivity index (χ1) is 8.85. The molecule has 91 valence electrons. The fourth-order valence-corrected chi connectivity index (χ4v) is 1.78. The van der Waals surface area contributed by atoms with Crippen LogP contribution in [0.1, 0.15) is 17.2 Å². The summed E-state index contributed by atoms with van der Waals surface area (Å²) in [5, 5.41) is 12.3. The fraction of sp³-hybridized carbons (Fsp3) is 0.133. The van der Waals surface area contributed by atoms with E-state index in [0.29, 0.717) is 0 Å². The van der Waals surface area contributed by atoms with Crippen molar-refractivity contribution in [1.82, 2.24) is 0 Å². The van der Waals surface area contributed by atoms with Gasteiger partial charge < -0.3 is 10.4 Å². The topological polar surface area (TPSA) is 49.3 Å². The summed E-state index contributed by atoms with van der Waals surface area (Å²) in [5.41, 5.74) is 2.35. The first-order valence-electron chi connectivity index (χ1n) is 5.73. The van der Waals surface area contributed by atoms with E-state index >= 15 is 0 Å². The lowest BCUT2D eigenvalue weighted by Gasteiger charge is -2.16. The minimum atomic E-state index is -0.529. The molecule has 0 fully saturated rings. The van der Waals surface area contributed by atoms with Crippen LogP contribution >= 0.6 is 0 Å². The summed E-state index contributed by atoms with van der Waals surface area (Å²) in [4.78, 5) is 11.1. The Hall–Kier alpha value is -2.13. The number of aliphatic hydroxyl groups is 1. The molecule has 2 aromatic rings. The molecule has 0 aliphatic rings. The second-order valence-corrected chi connectivity index (χ2v) is 3.92. The minimum absolute atomic E-state index is 0.0659. The van der Waals surface area contributed by atoms with Crippen molar-refractivity contribution in [3.8, 4) is 0 Å². The number of benzene rings is 2. The lowest BCUT2D eigenvalue weighted by Crippen LogP contribution is -2.13. The van der Waals surface area contributed by atoms with Crippen molar-refractivity contribution in [2.24, 2.45) is 0 Å². The van der Waals surface area contributed by atoms with Gasteiger partial charge in [0.2, 0.25) is 6.29 Å². The molecule has 0 aromatic heterocycles. The minimum Gasteiger partial charge on any atom is -0.392 e. The van der Waals surface area contributed by atoms with Gasteiger partial charge in [-0.25, -0.2) is 0 Å². The lowest BCUT2D eigenvalue weighted by molar-refractivity contribution is 0.282. The van der Waals surface area contributed by atoms with Crippen molar-refractivity contribution in [3.05, 3.63) is 65.7 Å². The van der Waals surface area contributed by atoms with Crippen molar-refractivity contribution in [2.75, 3.05) is 5.32 Å².